The molecule has 0 aliphatic rings. The molecule has 0 bridgehead atoms. The number of hydrogen-bond donors (Lipinski definition) is 5. The second-order valence-electron chi connectivity index (χ2n) is 5.16. The number of nitrogens with zero attached hydrogens (tertiary/aromatic N) is 3. The highest BCUT2D eigenvalue weighted by atomic mass is 16.5. The van der Waals surface area contributed by atoms with Crippen molar-refractivity contribution in [2.24, 2.45) is 27.5 Å². The van der Waals surface area contributed by atoms with Crippen molar-refractivity contribution in [1.82, 2.24) is 4.90 Å². The van der Waals surface area contributed by atoms with Crippen molar-refractivity contribution in [3.8, 4) is 0 Å². The Morgan fingerprint density at radius 2 is 1.25 bits per heavy atom. The van der Waals surface area contributed by atoms with Crippen molar-refractivity contribution in [2.75, 3.05) is 46.1 Å². The van der Waals surface area contributed by atoms with Gasteiger partial charge in [0.2, 0.25) is 0 Å². The Hall–Kier alpha value is -2.04. The van der Waals surface area contributed by atoms with Crippen molar-refractivity contribution in [3.63, 3.8) is 0 Å². The summed E-state index contributed by atoms with van der Waals surface area (Å²) in [7, 11) is 0. The molecule has 0 rings (SSSR count). The minimum Gasteiger partial charge on any atom is -0.409 e. The first kappa shape index (κ1) is 22.0. The zero-order chi connectivity index (χ0) is 18.2. The lowest BCUT2D eigenvalue weighted by molar-refractivity contribution is 0.0788. The molecule has 0 aromatic heterocycles. The quantitative estimate of drug-likeness (QED) is 0.0866. The Morgan fingerprint density at radius 1 is 0.792 bits per heavy atom. The molecule has 0 radical (unpaired) electrons. The van der Waals surface area contributed by atoms with Crippen LogP contribution in [0.4, 0.5) is 0 Å². The standard InChI is InChI=1S/C14H30N6O4/c1-12(15)2-5-20(6-10-23-8-3-13(16)18-21)7-11-24-9-4-14(17)19-22/h21-22H,1-11,15H2,(H2,16,18)(H2,17,19). The van der Waals surface area contributed by atoms with E-state index in [4.69, 9.17) is 37.1 Å². The summed E-state index contributed by atoms with van der Waals surface area (Å²) in [5, 5.41) is 22.6. The summed E-state index contributed by atoms with van der Waals surface area (Å²) in [4.78, 5) is 2.14. The minimum absolute atomic E-state index is 0.144. The van der Waals surface area contributed by atoms with Crippen LogP contribution in [0.3, 0.4) is 0 Å². The number of hydrogen-bond acceptors (Lipinski definition) is 8. The highest BCUT2D eigenvalue weighted by Crippen LogP contribution is 1.97. The number of ether oxygens (including phenoxy) is 2. The van der Waals surface area contributed by atoms with Crippen molar-refractivity contribution in [2.45, 2.75) is 19.3 Å². The van der Waals surface area contributed by atoms with Crippen LogP contribution >= 0.6 is 0 Å². The SMILES string of the molecule is C=C(N)CCN(CCOCCC(N)=NO)CCOCCC(N)=NO. The molecular weight excluding hydrogens is 316 g/mol. The topological polar surface area (TPSA) is 165 Å². The van der Waals surface area contributed by atoms with Gasteiger partial charge in [-0.15, -0.1) is 0 Å². The van der Waals surface area contributed by atoms with E-state index in [1.807, 2.05) is 0 Å². The molecular formula is C14H30N6O4. The molecule has 10 nitrogen and oxygen atoms in total. The summed E-state index contributed by atoms with van der Waals surface area (Å²) in [5.74, 6) is 0.288. The Bertz CT molecular complexity index is 375. The average Bonchev–Trinajstić information content (AvgIpc) is 2.57. The van der Waals surface area contributed by atoms with Crippen molar-refractivity contribution < 1.29 is 19.9 Å². The number of rotatable bonds is 15. The molecule has 0 aliphatic heterocycles. The predicted octanol–water partition coefficient (Wildman–Crippen LogP) is -0.543. The third-order valence-corrected chi connectivity index (χ3v) is 3.11. The van der Waals surface area contributed by atoms with E-state index in [0.717, 1.165) is 6.54 Å². The van der Waals surface area contributed by atoms with Gasteiger partial charge in [-0.2, -0.15) is 0 Å². The molecule has 0 saturated carbocycles. The summed E-state index contributed by atoms with van der Waals surface area (Å²) in [5.41, 5.74) is 16.9. The van der Waals surface area contributed by atoms with E-state index in [9.17, 15) is 0 Å². The van der Waals surface area contributed by atoms with E-state index >= 15 is 0 Å². The Labute approximate surface area is 142 Å². The fraction of sp³-hybridized carbons (Fsp3) is 0.714. The normalized spacial score (nSPS) is 12.7. The minimum atomic E-state index is 0.144. The van der Waals surface area contributed by atoms with Gasteiger partial charge in [0, 0.05) is 38.2 Å². The zero-order valence-corrected chi connectivity index (χ0v) is 14.1. The Kier molecular flexibility index (Phi) is 13.3. The van der Waals surface area contributed by atoms with Crippen LogP contribution in [-0.4, -0.2) is 73.0 Å². The van der Waals surface area contributed by atoms with Crippen LogP contribution in [0, 0.1) is 0 Å². The molecule has 0 saturated heterocycles. The van der Waals surface area contributed by atoms with Gasteiger partial charge in [-0.3, -0.25) is 4.90 Å². The monoisotopic (exact) mass is 346 g/mol. The molecule has 8 N–H and O–H groups in total. The van der Waals surface area contributed by atoms with Gasteiger partial charge in [0.25, 0.3) is 0 Å². The molecule has 0 amide bonds. The maximum atomic E-state index is 8.43. The first-order chi connectivity index (χ1) is 11.5. The molecule has 0 aliphatic carbocycles. The van der Waals surface area contributed by atoms with Crippen molar-refractivity contribution >= 4 is 11.7 Å². The molecule has 10 heteroatoms. The summed E-state index contributed by atoms with van der Waals surface area (Å²) in [6.45, 7) is 7.66. The van der Waals surface area contributed by atoms with Crippen LogP contribution in [0.15, 0.2) is 22.6 Å². The van der Waals surface area contributed by atoms with Crippen molar-refractivity contribution in [1.29, 1.82) is 0 Å². The van der Waals surface area contributed by atoms with E-state index < -0.39 is 0 Å². The van der Waals surface area contributed by atoms with Gasteiger partial charge in [-0.25, -0.2) is 0 Å². The maximum absolute atomic E-state index is 8.43. The first-order valence-electron chi connectivity index (χ1n) is 7.73. The largest absolute Gasteiger partial charge is 0.409 e. The number of nitrogens with two attached hydrogens (primary N) is 3. The highest BCUT2D eigenvalue weighted by molar-refractivity contribution is 5.79. The molecule has 0 heterocycles. The van der Waals surface area contributed by atoms with E-state index in [-0.39, 0.29) is 11.7 Å². The molecule has 24 heavy (non-hydrogen) atoms. The van der Waals surface area contributed by atoms with Gasteiger partial charge in [0.1, 0.15) is 11.7 Å². The fourth-order valence-electron chi connectivity index (χ4n) is 1.68. The summed E-state index contributed by atoms with van der Waals surface area (Å²) in [6.07, 6.45) is 1.45. The average molecular weight is 346 g/mol. The van der Waals surface area contributed by atoms with Crippen LogP contribution in [0.1, 0.15) is 19.3 Å². The van der Waals surface area contributed by atoms with Gasteiger partial charge in [-0.1, -0.05) is 16.9 Å². The lowest BCUT2D eigenvalue weighted by Gasteiger charge is -2.22. The Balaban J connectivity index is 3.94. The second kappa shape index (κ2) is 14.5. The molecule has 140 valence electrons. The molecule has 0 unspecified atom stereocenters. The van der Waals surface area contributed by atoms with Crippen LogP contribution in [0.2, 0.25) is 0 Å². The number of amidine groups is 2. The van der Waals surface area contributed by atoms with Gasteiger partial charge in [-0.05, 0) is 6.42 Å². The summed E-state index contributed by atoms with van der Waals surface area (Å²) < 4.78 is 10.9. The first-order valence-corrected chi connectivity index (χ1v) is 7.73. The molecule has 0 aromatic rings. The summed E-state index contributed by atoms with van der Waals surface area (Å²) >= 11 is 0. The lowest BCUT2D eigenvalue weighted by Crippen LogP contribution is -2.33. The van der Waals surface area contributed by atoms with E-state index in [0.29, 0.717) is 64.5 Å². The lowest BCUT2D eigenvalue weighted by atomic mass is 10.3. The van der Waals surface area contributed by atoms with E-state index in [2.05, 4.69) is 21.8 Å². The van der Waals surface area contributed by atoms with Crippen LogP contribution in [0.25, 0.3) is 0 Å². The van der Waals surface area contributed by atoms with Crippen LogP contribution in [0.5, 0.6) is 0 Å². The molecule has 0 spiro atoms. The van der Waals surface area contributed by atoms with Crippen molar-refractivity contribution in [3.05, 3.63) is 12.3 Å². The van der Waals surface area contributed by atoms with Gasteiger partial charge < -0.3 is 37.1 Å². The molecule has 0 aromatic carbocycles. The molecule has 0 fully saturated rings. The number of oxime groups is 2. The van der Waals surface area contributed by atoms with Crippen LogP contribution in [-0.2, 0) is 9.47 Å². The van der Waals surface area contributed by atoms with E-state index in [1.54, 1.807) is 0 Å². The highest BCUT2D eigenvalue weighted by Gasteiger charge is 2.06. The maximum Gasteiger partial charge on any atom is 0.141 e. The third kappa shape index (κ3) is 13.6. The van der Waals surface area contributed by atoms with E-state index in [1.165, 1.54) is 0 Å². The summed E-state index contributed by atoms with van der Waals surface area (Å²) in [6, 6.07) is 0. The van der Waals surface area contributed by atoms with Gasteiger partial charge in [0.15, 0.2) is 0 Å². The smallest absolute Gasteiger partial charge is 0.141 e. The Morgan fingerprint density at radius 3 is 1.62 bits per heavy atom. The van der Waals surface area contributed by atoms with Crippen LogP contribution < -0.4 is 17.2 Å². The van der Waals surface area contributed by atoms with Gasteiger partial charge in [0.05, 0.1) is 26.4 Å². The zero-order valence-electron chi connectivity index (χ0n) is 14.1. The predicted molar refractivity (Wildman–Crippen MR) is 92.1 cm³/mol. The van der Waals surface area contributed by atoms with Gasteiger partial charge >= 0.3 is 0 Å². The molecule has 0 atom stereocenters. The third-order valence-electron chi connectivity index (χ3n) is 3.11. The fourth-order valence-corrected chi connectivity index (χ4v) is 1.68. The second-order valence-corrected chi connectivity index (χ2v) is 5.16.